The van der Waals surface area contributed by atoms with E-state index in [1.807, 2.05) is 48.5 Å². The van der Waals surface area contributed by atoms with E-state index in [9.17, 15) is 13.2 Å². The first-order valence-electron chi connectivity index (χ1n) is 9.09. The minimum absolute atomic E-state index is 0.122. The van der Waals surface area contributed by atoms with Crippen LogP contribution in [0.4, 0.5) is 0 Å². The number of carbonyl (C=O) groups is 1. The Hall–Kier alpha value is -2.15. The van der Waals surface area contributed by atoms with Crippen LogP contribution in [0.5, 0.6) is 0 Å². The summed E-state index contributed by atoms with van der Waals surface area (Å²) in [6.07, 6.45) is 2.47. The first-order chi connectivity index (χ1) is 13.5. The maximum Gasteiger partial charge on any atom is 0.309 e. The van der Waals surface area contributed by atoms with E-state index >= 15 is 0 Å². The summed E-state index contributed by atoms with van der Waals surface area (Å²) in [6, 6.07) is 16.5. The van der Waals surface area contributed by atoms with Crippen LogP contribution in [0.3, 0.4) is 0 Å². The molecule has 0 N–H and O–H groups in total. The minimum atomic E-state index is -3.51. The molecule has 1 heterocycles. The third-order valence-electron chi connectivity index (χ3n) is 4.71. The highest BCUT2D eigenvalue weighted by atomic mass is 35.5. The van der Waals surface area contributed by atoms with Crippen molar-refractivity contribution in [1.82, 2.24) is 4.31 Å². The number of benzene rings is 2. The summed E-state index contributed by atoms with van der Waals surface area (Å²) in [7, 11) is -3.51. The van der Waals surface area contributed by atoms with Crippen LogP contribution >= 0.6 is 11.6 Å². The number of ether oxygens (including phenoxy) is 1. The van der Waals surface area contributed by atoms with Gasteiger partial charge in [0.1, 0.15) is 6.61 Å². The van der Waals surface area contributed by atoms with Gasteiger partial charge >= 0.3 is 5.97 Å². The Kier molecular flexibility index (Phi) is 6.88. The summed E-state index contributed by atoms with van der Waals surface area (Å²) >= 11 is 6.07. The van der Waals surface area contributed by atoms with E-state index < -0.39 is 10.0 Å². The number of hydrogen-bond donors (Lipinski definition) is 0. The lowest BCUT2D eigenvalue weighted by atomic mass is 9.98. The monoisotopic (exact) mass is 419 g/mol. The van der Waals surface area contributed by atoms with Crippen LogP contribution in [0.15, 0.2) is 60.0 Å². The molecule has 0 spiro atoms. The van der Waals surface area contributed by atoms with E-state index in [0.29, 0.717) is 31.0 Å². The molecule has 0 aliphatic carbocycles. The third kappa shape index (κ3) is 5.44. The Morgan fingerprint density at radius 2 is 1.71 bits per heavy atom. The average Bonchev–Trinajstić information content (AvgIpc) is 2.72. The summed E-state index contributed by atoms with van der Waals surface area (Å²) in [5, 5.41) is 1.78. The highest BCUT2D eigenvalue weighted by molar-refractivity contribution is 7.92. The van der Waals surface area contributed by atoms with Gasteiger partial charge in [-0.1, -0.05) is 60.1 Å². The lowest BCUT2D eigenvalue weighted by Gasteiger charge is -2.29. The molecule has 0 radical (unpaired) electrons. The van der Waals surface area contributed by atoms with E-state index in [2.05, 4.69) is 0 Å². The van der Waals surface area contributed by atoms with Crippen LogP contribution < -0.4 is 0 Å². The van der Waals surface area contributed by atoms with Crippen molar-refractivity contribution in [3.8, 4) is 0 Å². The molecule has 28 heavy (non-hydrogen) atoms. The first kappa shape index (κ1) is 20.6. The number of piperidine rings is 1. The van der Waals surface area contributed by atoms with E-state index in [4.69, 9.17) is 16.3 Å². The van der Waals surface area contributed by atoms with Gasteiger partial charge in [-0.3, -0.25) is 4.79 Å². The molecule has 1 fully saturated rings. The molecule has 3 rings (SSSR count). The number of esters is 1. The highest BCUT2D eigenvalue weighted by Gasteiger charge is 2.30. The third-order valence-corrected chi connectivity index (χ3v) is 6.64. The maximum absolute atomic E-state index is 12.5. The molecule has 1 aliphatic heterocycles. The van der Waals surface area contributed by atoms with Gasteiger partial charge in [-0.25, -0.2) is 8.42 Å². The topological polar surface area (TPSA) is 63.7 Å². The summed E-state index contributed by atoms with van der Waals surface area (Å²) in [5.41, 5.74) is 1.58. The van der Waals surface area contributed by atoms with Crippen molar-refractivity contribution >= 4 is 33.7 Å². The molecule has 2 aromatic carbocycles. The second kappa shape index (κ2) is 9.37. The van der Waals surface area contributed by atoms with Gasteiger partial charge in [-0.05, 0) is 30.5 Å². The Labute approximate surface area is 170 Å². The lowest BCUT2D eigenvalue weighted by Crippen LogP contribution is -2.39. The zero-order valence-corrected chi connectivity index (χ0v) is 16.9. The van der Waals surface area contributed by atoms with Gasteiger partial charge in [-0.15, -0.1) is 0 Å². The van der Waals surface area contributed by atoms with Crippen molar-refractivity contribution < 1.29 is 17.9 Å². The molecule has 0 unspecified atom stereocenters. The molecular formula is C21H22ClNO4S. The number of halogens is 1. The lowest BCUT2D eigenvalue weighted by molar-refractivity contribution is -0.151. The molecule has 0 atom stereocenters. The van der Waals surface area contributed by atoms with E-state index in [1.165, 1.54) is 9.71 Å². The van der Waals surface area contributed by atoms with E-state index in [1.54, 1.807) is 12.1 Å². The SMILES string of the molecule is O=C(OCc1ccccc1Cl)C1CCN(S(=O)(=O)/C=C/c2ccccc2)CC1. The van der Waals surface area contributed by atoms with Crippen LogP contribution in [0.2, 0.25) is 5.02 Å². The number of sulfonamides is 1. The standard InChI is InChI=1S/C21H22ClNO4S/c22-20-9-5-4-8-19(20)16-27-21(24)18-10-13-23(14-11-18)28(25,26)15-12-17-6-2-1-3-7-17/h1-9,12,15,18H,10-11,13-14,16H2/b15-12+. The van der Waals surface area contributed by atoms with Crippen molar-refractivity contribution in [3.05, 3.63) is 76.2 Å². The first-order valence-corrected chi connectivity index (χ1v) is 11.0. The second-order valence-electron chi connectivity index (χ2n) is 6.63. The fourth-order valence-corrected chi connectivity index (χ4v) is 4.45. The van der Waals surface area contributed by atoms with E-state index in [0.717, 1.165) is 11.1 Å². The second-order valence-corrected chi connectivity index (χ2v) is 8.86. The molecule has 1 aliphatic rings. The van der Waals surface area contributed by atoms with Gasteiger partial charge in [0.15, 0.2) is 0 Å². The zero-order chi connectivity index (χ0) is 20.0. The van der Waals surface area contributed by atoms with Crippen LogP contribution in [0, 0.1) is 5.92 Å². The Morgan fingerprint density at radius 1 is 1.07 bits per heavy atom. The normalized spacial score (nSPS) is 16.3. The van der Waals surface area contributed by atoms with Gasteiger partial charge in [0, 0.05) is 29.1 Å². The molecule has 0 amide bonds. The van der Waals surface area contributed by atoms with Crippen molar-refractivity contribution in [1.29, 1.82) is 0 Å². The van der Waals surface area contributed by atoms with Crippen molar-refractivity contribution in [2.24, 2.45) is 5.92 Å². The largest absolute Gasteiger partial charge is 0.461 e. The molecule has 2 aromatic rings. The van der Waals surface area contributed by atoms with Crippen LogP contribution in [0.1, 0.15) is 24.0 Å². The predicted octanol–water partition coefficient (Wildman–Crippen LogP) is 4.10. The Morgan fingerprint density at radius 3 is 2.39 bits per heavy atom. The van der Waals surface area contributed by atoms with Crippen molar-refractivity contribution in [2.75, 3.05) is 13.1 Å². The van der Waals surface area contributed by atoms with E-state index in [-0.39, 0.29) is 18.5 Å². The molecule has 1 saturated heterocycles. The highest BCUT2D eigenvalue weighted by Crippen LogP contribution is 2.23. The van der Waals surface area contributed by atoms with Crippen LogP contribution in [-0.4, -0.2) is 31.8 Å². The molecular weight excluding hydrogens is 398 g/mol. The minimum Gasteiger partial charge on any atom is -0.461 e. The van der Waals surface area contributed by atoms with Crippen molar-refractivity contribution in [2.45, 2.75) is 19.4 Å². The number of nitrogens with zero attached hydrogens (tertiary/aromatic N) is 1. The molecule has 148 valence electrons. The molecule has 0 bridgehead atoms. The van der Waals surface area contributed by atoms with Gasteiger partial charge < -0.3 is 4.74 Å². The van der Waals surface area contributed by atoms with Gasteiger partial charge in [0.2, 0.25) is 10.0 Å². The molecule has 0 aromatic heterocycles. The number of rotatable bonds is 6. The summed E-state index contributed by atoms with van der Waals surface area (Å²) in [5.74, 6) is -0.608. The molecule has 7 heteroatoms. The summed E-state index contributed by atoms with van der Waals surface area (Å²) < 4.78 is 31.8. The van der Waals surface area contributed by atoms with Crippen LogP contribution in [0.25, 0.3) is 6.08 Å². The Balaban J connectivity index is 1.51. The summed E-state index contributed by atoms with van der Waals surface area (Å²) in [6.45, 7) is 0.720. The van der Waals surface area contributed by atoms with Gasteiger partial charge in [-0.2, -0.15) is 4.31 Å². The molecule has 0 saturated carbocycles. The smallest absolute Gasteiger partial charge is 0.309 e. The Bertz CT molecular complexity index is 936. The quantitative estimate of drug-likeness (QED) is 0.661. The maximum atomic E-state index is 12.5. The van der Waals surface area contributed by atoms with Gasteiger partial charge in [0.25, 0.3) is 0 Å². The number of carbonyl (C=O) groups excluding carboxylic acids is 1. The molecule has 5 nitrogen and oxygen atoms in total. The average molecular weight is 420 g/mol. The fourth-order valence-electron chi connectivity index (χ4n) is 3.04. The number of hydrogen-bond acceptors (Lipinski definition) is 4. The zero-order valence-electron chi connectivity index (χ0n) is 15.3. The predicted molar refractivity (Wildman–Crippen MR) is 110 cm³/mol. The van der Waals surface area contributed by atoms with Crippen molar-refractivity contribution in [3.63, 3.8) is 0 Å². The van der Waals surface area contributed by atoms with Gasteiger partial charge in [0.05, 0.1) is 5.92 Å². The van der Waals surface area contributed by atoms with Crippen LogP contribution in [-0.2, 0) is 26.2 Å². The fraction of sp³-hybridized carbons (Fsp3) is 0.286. The summed E-state index contributed by atoms with van der Waals surface area (Å²) in [4.78, 5) is 12.3.